The first-order valence-corrected chi connectivity index (χ1v) is 5.45. The topological polar surface area (TPSA) is 64.3 Å². The molecule has 1 amide bonds. The normalized spacial score (nSPS) is 11.6. The van der Waals surface area contributed by atoms with Crippen LogP contribution in [0.25, 0.3) is 0 Å². The number of phenols is 1. The average Bonchev–Trinajstić information content (AvgIpc) is 2.28. The molecule has 1 atom stereocenters. The lowest BCUT2D eigenvalue weighted by molar-refractivity contribution is -0.130. The van der Waals surface area contributed by atoms with Crippen molar-refractivity contribution in [1.82, 2.24) is 4.90 Å². The highest BCUT2D eigenvalue weighted by atomic mass is 16.3. The molecular formula is C13H16N2O2. The molecule has 0 bridgehead atoms. The molecule has 1 N–H and O–H groups in total. The van der Waals surface area contributed by atoms with Gasteiger partial charge in [-0.05, 0) is 24.6 Å². The Balaban J connectivity index is 2.63. The summed E-state index contributed by atoms with van der Waals surface area (Å²) in [5, 5.41) is 17.9. The molecule has 0 aliphatic rings. The molecule has 0 saturated carbocycles. The van der Waals surface area contributed by atoms with Crippen molar-refractivity contribution in [1.29, 1.82) is 5.26 Å². The van der Waals surface area contributed by atoms with Crippen LogP contribution in [0.3, 0.4) is 0 Å². The molecule has 0 heterocycles. The van der Waals surface area contributed by atoms with E-state index in [0.29, 0.717) is 6.42 Å². The van der Waals surface area contributed by atoms with E-state index in [0.717, 1.165) is 5.56 Å². The highest BCUT2D eigenvalue weighted by Gasteiger charge is 2.15. The fourth-order valence-electron chi connectivity index (χ4n) is 1.48. The summed E-state index contributed by atoms with van der Waals surface area (Å²) < 4.78 is 0. The number of rotatable bonds is 4. The Morgan fingerprint density at radius 2 is 2.29 bits per heavy atom. The largest absolute Gasteiger partial charge is 0.508 e. The summed E-state index contributed by atoms with van der Waals surface area (Å²) in [6.45, 7) is 1.84. The summed E-state index contributed by atoms with van der Waals surface area (Å²) in [6, 6.07) is 8.58. The number of nitriles is 1. The first-order valence-electron chi connectivity index (χ1n) is 5.45. The highest BCUT2D eigenvalue weighted by Crippen LogP contribution is 2.13. The summed E-state index contributed by atoms with van der Waals surface area (Å²) in [4.78, 5) is 13.4. The molecule has 0 radical (unpaired) electrons. The molecule has 0 spiro atoms. The Labute approximate surface area is 101 Å². The number of likely N-dealkylation sites (N-methyl/N-ethyl adjacent to an activating group) is 1. The van der Waals surface area contributed by atoms with Crippen LogP contribution >= 0.6 is 0 Å². The van der Waals surface area contributed by atoms with Crippen molar-refractivity contribution in [3.8, 4) is 11.8 Å². The second kappa shape index (κ2) is 5.90. The van der Waals surface area contributed by atoms with E-state index in [1.165, 1.54) is 0 Å². The molecule has 0 saturated heterocycles. The lowest BCUT2D eigenvalue weighted by atomic mass is 10.1. The number of hydrogen-bond donors (Lipinski definition) is 1. The van der Waals surface area contributed by atoms with Gasteiger partial charge in [-0.3, -0.25) is 4.79 Å². The van der Waals surface area contributed by atoms with Gasteiger partial charge in [-0.1, -0.05) is 12.1 Å². The molecule has 4 heteroatoms. The average molecular weight is 232 g/mol. The zero-order valence-electron chi connectivity index (χ0n) is 10.1. The monoisotopic (exact) mass is 232 g/mol. The molecule has 0 aliphatic carbocycles. The number of benzene rings is 1. The third-order valence-electron chi connectivity index (χ3n) is 2.71. The maximum atomic E-state index is 11.9. The quantitative estimate of drug-likeness (QED) is 0.859. The second-order valence-electron chi connectivity index (χ2n) is 4.06. The van der Waals surface area contributed by atoms with E-state index >= 15 is 0 Å². The number of amides is 1. The van der Waals surface area contributed by atoms with Gasteiger partial charge < -0.3 is 10.0 Å². The number of aromatic hydroxyl groups is 1. The van der Waals surface area contributed by atoms with E-state index in [4.69, 9.17) is 5.26 Å². The van der Waals surface area contributed by atoms with Crippen LogP contribution in [0.5, 0.6) is 5.75 Å². The van der Waals surface area contributed by atoms with Gasteiger partial charge >= 0.3 is 0 Å². The van der Waals surface area contributed by atoms with Crippen LogP contribution in [-0.2, 0) is 11.2 Å². The zero-order chi connectivity index (χ0) is 12.8. The first-order chi connectivity index (χ1) is 8.04. The SMILES string of the molecule is CC(CC#N)N(C)C(=O)Cc1cccc(O)c1. The van der Waals surface area contributed by atoms with Gasteiger partial charge in [-0.2, -0.15) is 5.26 Å². The summed E-state index contributed by atoms with van der Waals surface area (Å²) in [7, 11) is 1.69. The molecule has 17 heavy (non-hydrogen) atoms. The van der Waals surface area contributed by atoms with Gasteiger partial charge in [-0.15, -0.1) is 0 Å². The van der Waals surface area contributed by atoms with Crippen molar-refractivity contribution >= 4 is 5.91 Å². The minimum absolute atomic E-state index is 0.0571. The fraction of sp³-hybridized carbons (Fsp3) is 0.385. The maximum Gasteiger partial charge on any atom is 0.227 e. The van der Waals surface area contributed by atoms with E-state index in [-0.39, 0.29) is 24.1 Å². The highest BCUT2D eigenvalue weighted by molar-refractivity contribution is 5.78. The van der Waals surface area contributed by atoms with E-state index in [1.54, 1.807) is 36.2 Å². The summed E-state index contributed by atoms with van der Waals surface area (Å²) >= 11 is 0. The predicted molar refractivity (Wildman–Crippen MR) is 64.3 cm³/mol. The lowest BCUT2D eigenvalue weighted by Crippen LogP contribution is -2.35. The molecule has 4 nitrogen and oxygen atoms in total. The second-order valence-corrected chi connectivity index (χ2v) is 4.06. The van der Waals surface area contributed by atoms with Gasteiger partial charge in [0.1, 0.15) is 5.75 Å². The first kappa shape index (κ1) is 13.0. The van der Waals surface area contributed by atoms with Gasteiger partial charge in [-0.25, -0.2) is 0 Å². The minimum Gasteiger partial charge on any atom is -0.508 e. The number of nitrogens with zero attached hydrogens (tertiary/aromatic N) is 2. The van der Waals surface area contributed by atoms with Crippen LogP contribution < -0.4 is 0 Å². The van der Waals surface area contributed by atoms with Crippen molar-refractivity contribution in [3.63, 3.8) is 0 Å². The molecule has 0 aliphatic heterocycles. The van der Waals surface area contributed by atoms with E-state index in [1.807, 2.05) is 13.0 Å². The third kappa shape index (κ3) is 3.80. The van der Waals surface area contributed by atoms with Gasteiger partial charge in [0.05, 0.1) is 18.9 Å². The Morgan fingerprint density at radius 3 is 2.88 bits per heavy atom. The minimum atomic E-state index is -0.0928. The van der Waals surface area contributed by atoms with E-state index < -0.39 is 0 Å². The standard InChI is InChI=1S/C13H16N2O2/c1-10(6-7-14)15(2)13(17)9-11-4-3-5-12(16)8-11/h3-5,8,10,16H,6,9H2,1-2H3. The molecule has 0 fully saturated rings. The maximum absolute atomic E-state index is 11.9. The summed E-state index contributed by atoms with van der Waals surface area (Å²) in [5.41, 5.74) is 0.769. The summed E-state index contributed by atoms with van der Waals surface area (Å²) in [6.07, 6.45) is 0.558. The van der Waals surface area contributed by atoms with Crippen LogP contribution in [0.2, 0.25) is 0 Å². The van der Waals surface area contributed by atoms with Crippen molar-refractivity contribution in [2.45, 2.75) is 25.8 Å². The number of carbonyl (C=O) groups excluding carboxylic acids is 1. The van der Waals surface area contributed by atoms with Crippen molar-refractivity contribution in [2.75, 3.05) is 7.05 Å². The Morgan fingerprint density at radius 1 is 1.59 bits per heavy atom. The Hall–Kier alpha value is -2.02. The number of phenolic OH excluding ortho intramolecular Hbond substituents is 1. The summed E-state index contributed by atoms with van der Waals surface area (Å²) in [5.74, 6) is 0.0985. The van der Waals surface area contributed by atoms with Crippen LogP contribution in [0, 0.1) is 11.3 Å². The van der Waals surface area contributed by atoms with E-state index in [9.17, 15) is 9.90 Å². The predicted octanol–water partition coefficient (Wildman–Crippen LogP) is 1.70. The fourth-order valence-corrected chi connectivity index (χ4v) is 1.48. The molecular weight excluding hydrogens is 216 g/mol. The van der Waals surface area contributed by atoms with Crippen molar-refractivity contribution in [2.24, 2.45) is 0 Å². The molecule has 1 aromatic carbocycles. The van der Waals surface area contributed by atoms with Crippen LogP contribution in [-0.4, -0.2) is 29.0 Å². The third-order valence-corrected chi connectivity index (χ3v) is 2.71. The van der Waals surface area contributed by atoms with Crippen molar-refractivity contribution < 1.29 is 9.90 Å². The lowest BCUT2D eigenvalue weighted by Gasteiger charge is -2.23. The molecule has 1 unspecified atom stereocenters. The van der Waals surface area contributed by atoms with Gasteiger partial charge in [0, 0.05) is 13.1 Å². The van der Waals surface area contributed by atoms with Crippen LogP contribution in [0.15, 0.2) is 24.3 Å². The molecule has 1 aromatic rings. The molecule has 1 rings (SSSR count). The van der Waals surface area contributed by atoms with Crippen LogP contribution in [0.1, 0.15) is 18.9 Å². The number of carbonyl (C=O) groups is 1. The van der Waals surface area contributed by atoms with Gasteiger partial charge in [0.25, 0.3) is 0 Å². The molecule has 90 valence electrons. The number of hydrogen-bond acceptors (Lipinski definition) is 3. The molecule has 0 aromatic heterocycles. The Kier molecular flexibility index (Phi) is 4.53. The Bertz CT molecular complexity index is 437. The van der Waals surface area contributed by atoms with Crippen molar-refractivity contribution in [3.05, 3.63) is 29.8 Å². The van der Waals surface area contributed by atoms with Crippen LogP contribution in [0.4, 0.5) is 0 Å². The van der Waals surface area contributed by atoms with Gasteiger partial charge in [0.15, 0.2) is 0 Å². The zero-order valence-corrected chi connectivity index (χ0v) is 10.1. The van der Waals surface area contributed by atoms with E-state index in [2.05, 4.69) is 0 Å². The smallest absolute Gasteiger partial charge is 0.227 e. The van der Waals surface area contributed by atoms with Gasteiger partial charge in [0.2, 0.25) is 5.91 Å².